The third-order valence-electron chi connectivity index (χ3n) is 3.66. The second-order valence-electron chi connectivity index (χ2n) is 4.96. The molecular weight excluding hydrogens is 212 g/mol. The second kappa shape index (κ2) is 4.29. The molecule has 1 fully saturated rings. The Hall–Kier alpha value is -1.69. The highest BCUT2D eigenvalue weighted by molar-refractivity contribution is 5.59. The number of aromatic hydroxyl groups is 1. The Bertz CT molecular complexity index is 446. The maximum Gasteiger partial charge on any atom is 0.138 e. The summed E-state index contributed by atoms with van der Waals surface area (Å²) in [5.74, 6) is 0.249. The number of nitrogens with zero attached hydrogens (tertiary/aromatic N) is 2. The van der Waals surface area contributed by atoms with Crippen molar-refractivity contribution in [1.82, 2.24) is 0 Å². The van der Waals surface area contributed by atoms with Crippen LogP contribution in [0, 0.1) is 16.7 Å². The first-order valence-corrected chi connectivity index (χ1v) is 6.06. The molecule has 0 spiro atoms. The Labute approximate surface area is 102 Å². The van der Waals surface area contributed by atoms with Crippen LogP contribution in [0.5, 0.6) is 5.75 Å². The molecule has 0 amide bonds. The fraction of sp³-hybridized carbons (Fsp3) is 0.500. The zero-order chi connectivity index (χ0) is 12.5. The number of rotatable bonds is 4. The van der Waals surface area contributed by atoms with Gasteiger partial charge in [0.05, 0.1) is 11.8 Å². The van der Waals surface area contributed by atoms with Crippen LogP contribution in [0.1, 0.15) is 26.7 Å². The third-order valence-corrected chi connectivity index (χ3v) is 3.66. The first-order valence-electron chi connectivity index (χ1n) is 6.06. The lowest BCUT2D eigenvalue weighted by Crippen LogP contribution is -2.40. The van der Waals surface area contributed by atoms with E-state index in [1.807, 2.05) is 24.0 Å². The maximum atomic E-state index is 9.89. The lowest BCUT2D eigenvalue weighted by Gasteiger charge is -2.32. The summed E-state index contributed by atoms with van der Waals surface area (Å²) in [6.07, 6.45) is 2.19. The van der Waals surface area contributed by atoms with E-state index in [1.54, 1.807) is 12.1 Å². The van der Waals surface area contributed by atoms with Gasteiger partial charge in [0.25, 0.3) is 0 Å². The summed E-state index contributed by atoms with van der Waals surface area (Å²) in [6.45, 7) is 4.89. The highest BCUT2D eigenvalue weighted by Gasteiger charge is 2.48. The number of hydrogen-bond donors (Lipinski definition) is 1. The topological polar surface area (TPSA) is 47.3 Å². The molecule has 0 bridgehead atoms. The van der Waals surface area contributed by atoms with Crippen molar-refractivity contribution >= 4 is 5.69 Å². The number of anilines is 1. The normalized spacial score (nSPS) is 18.2. The summed E-state index contributed by atoms with van der Waals surface area (Å²) >= 11 is 0. The predicted octanol–water partition coefficient (Wildman–Crippen LogP) is 2.91. The molecule has 1 atom stereocenters. The summed E-state index contributed by atoms with van der Waals surface area (Å²) in [5.41, 5.74) is 0.849. The molecule has 17 heavy (non-hydrogen) atoms. The van der Waals surface area contributed by atoms with Crippen molar-refractivity contribution in [2.45, 2.75) is 32.7 Å². The molecule has 0 radical (unpaired) electrons. The standard InChI is InChI=1S/C14H18N2O/c1-3-16(11-6-4-5-7-12(11)17)13(10-15)14(2)8-9-14/h4-7,13,17H,3,8-9H2,1-2H3/t13-/m0/s1. The van der Waals surface area contributed by atoms with Crippen LogP contribution in [0.25, 0.3) is 0 Å². The fourth-order valence-electron chi connectivity index (χ4n) is 2.27. The Morgan fingerprint density at radius 3 is 2.59 bits per heavy atom. The van der Waals surface area contributed by atoms with Crippen LogP contribution in [0.4, 0.5) is 5.69 Å². The second-order valence-corrected chi connectivity index (χ2v) is 4.96. The van der Waals surface area contributed by atoms with Gasteiger partial charge in [-0.25, -0.2) is 0 Å². The molecule has 1 saturated carbocycles. The summed E-state index contributed by atoms with van der Waals surface area (Å²) in [6, 6.07) is 9.47. The molecule has 0 aliphatic heterocycles. The van der Waals surface area contributed by atoms with Crippen LogP contribution in [-0.2, 0) is 0 Å². The number of para-hydroxylation sites is 2. The largest absolute Gasteiger partial charge is 0.506 e. The van der Waals surface area contributed by atoms with Gasteiger partial charge in [-0.15, -0.1) is 0 Å². The zero-order valence-corrected chi connectivity index (χ0v) is 10.3. The van der Waals surface area contributed by atoms with Crippen LogP contribution in [0.2, 0.25) is 0 Å². The number of phenols is 1. The monoisotopic (exact) mass is 230 g/mol. The van der Waals surface area contributed by atoms with E-state index < -0.39 is 0 Å². The van der Waals surface area contributed by atoms with Gasteiger partial charge in [-0.05, 0) is 31.9 Å². The molecule has 2 rings (SSSR count). The maximum absolute atomic E-state index is 9.89. The summed E-state index contributed by atoms with van der Waals surface area (Å²) in [5, 5.41) is 19.3. The van der Waals surface area contributed by atoms with Crippen molar-refractivity contribution in [3.05, 3.63) is 24.3 Å². The van der Waals surface area contributed by atoms with Crippen molar-refractivity contribution in [3.8, 4) is 11.8 Å². The van der Waals surface area contributed by atoms with Gasteiger partial charge < -0.3 is 10.0 Å². The van der Waals surface area contributed by atoms with Crippen LogP contribution < -0.4 is 4.90 Å². The van der Waals surface area contributed by atoms with E-state index in [-0.39, 0.29) is 17.2 Å². The van der Waals surface area contributed by atoms with Gasteiger partial charge in [0.2, 0.25) is 0 Å². The minimum absolute atomic E-state index is 0.0903. The summed E-state index contributed by atoms with van der Waals surface area (Å²) in [7, 11) is 0. The molecule has 3 heteroatoms. The molecule has 1 aromatic carbocycles. The van der Waals surface area contributed by atoms with E-state index in [0.29, 0.717) is 0 Å². The summed E-state index contributed by atoms with van der Waals surface area (Å²) < 4.78 is 0. The molecule has 3 nitrogen and oxygen atoms in total. The molecule has 1 aromatic rings. The Morgan fingerprint density at radius 1 is 1.47 bits per heavy atom. The van der Waals surface area contributed by atoms with E-state index >= 15 is 0 Å². The number of nitriles is 1. The smallest absolute Gasteiger partial charge is 0.138 e. The van der Waals surface area contributed by atoms with Gasteiger partial charge >= 0.3 is 0 Å². The molecule has 0 heterocycles. The molecule has 0 saturated heterocycles. The number of hydrogen-bond acceptors (Lipinski definition) is 3. The van der Waals surface area contributed by atoms with Crippen LogP contribution in [0.3, 0.4) is 0 Å². The fourth-order valence-corrected chi connectivity index (χ4v) is 2.27. The average molecular weight is 230 g/mol. The average Bonchev–Trinajstić information content (AvgIpc) is 3.06. The van der Waals surface area contributed by atoms with Crippen molar-refractivity contribution in [3.63, 3.8) is 0 Å². The zero-order valence-electron chi connectivity index (χ0n) is 10.3. The van der Waals surface area contributed by atoms with Crippen LogP contribution in [0.15, 0.2) is 24.3 Å². The minimum Gasteiger partial charge on any atom is -0.506 e. The van der Waals surface area contributed by atoms with Gasteiger partial charge in [0.1, 0.15) is 11.8 Å². The molecule has 1 aliphatic rings. The molecule has 1 aliphatic carbocycles. The SMILES string of the molecule is CCN(c1ccccc1O)[C@@H](C#N)C1(C)CC1. The van der Waals surface area contributed by atoms with Crippen LogP contribution >= 0.6 is 0 Å². The van der Waals surface area contributed by atoms with E-state index in [9.17, 15) is 10.4 Å². The lowest BCUT2D eigenvalue weighted by atomic mass is 9.97. The number of benzene rings is 1. The first kappa shape index (κ1) is 11.8. The van der Waals surface area contributed by atoms with Crippen molar-refractivity contribution < 1.29 is 5.11 Å². The van der Waals surface area contributed by atoms with Gasteiger partial charge in [-0.1, -0.05) is 19.1 Å². The molecule has 90 valence electrons. The lowest BCUT2D eigenvalue weighted by molar-refractivity contribution is 0.452. The molecular formula is C14H18N2O. The molecule has 0 unspecified atom stereocenters. The predicted molar refractivity (Wildman–Crippen MR) is 67.9 cm³/mol. The number of phenolic OH excluding ortho intramolecular Hbond substituents is 1. The van der Waals surface area contributed by atoms with Gasteiger partial charge in [-0.2, -0.15) is 5.26 Å². The van der Waals surface area contributed by atoms with Gasteiger partial charge in [0, 0.05) is 12.0 Å². The van der Waals surface area contributed by atoms with E-state index in [2.05, 4.69) is 13.0 Å². The quantitative estimate of drug-likeness (QED) is 0.865. The Kier molecular flexibility index (Phi) is 2.97. The van der Waals surface area contributed by atoms with Crippen molar-refractivity contribution in [1.29, 1.82) is 5.26 Å². The minimum atomic E-state index is -0.152. The summed E-state index contributed by atoms with van der Waals surface area (Å²) in [4.78, 5) is 2.00. The van der Waals surface area contributed by atoms with Crippen molar-refractivity contribution in [2.24, 2.45) is 5.41 Å². The Balaban J connectivity index is 2.33. The highest BCUT2D eigenvalue weighted by atomic mass is 16.3. The third kappa shape index (κ3) is 2.08. The van der Waals surface area contributed by atoms with Crippen LogP contribution in [-0.4, -0.2) is 17.7 Å². The first-order chi connectivity index (χ1) is 8.12. The molecule has 1 N–H and O–H groups in total. The van der Waals surface area contributed by atoms with Gasteiger partial charge in [-0.3, -0.25) is 0 Å². The molecule has 0 aromatic heterocycles. The van der Waals surface area contributed by atoms with E-state index in [1.165, 1.54) is 0 Å². The van der Waals surface area contributed by atoms with Crippen molar-refractivity contribution in [2.75, 3.05) is 11.4 Å². The van der Waals surface area contributed by atoms with Gasteiger partial charge in [0.15, 0.2) is 0 Å². The Morgan fingerprint density at radius 2 is 2.12 bits per heavy atom. The van der Waals surface area contributed by atoms with E-state index in [4.69, 9.17) is 0 Å². The highest BCUT2D eigenvalue weighted by Crippen LogP contribution is 2.51. The van der Waals surface area contributed by atoms with E-state index in [0.717, 1.165) is 25.1 Å².